The van der Waals surface area contributed by atoms with Crippen LogP contribution in [0.2, 0.25) is 0 Å². The van der Waals surface area contributed by atoms with Crippen LogP contribution in [0.3, 0.4) is 0 Å². The first kappa shape index (κ1) is 15.8. The van der Waals surface area contributed by atoms with E-state index in [-0.39, 0.29) is 10.7 Å². The van der Waals surface area contributed by atoms with Crippen LogP contribution in [0.25, 0.3) is 6.08 Å². The maximum atomic E-state index is 12.0. The summed E-state index contributed by atoms with van der Waals surface area (Å²) in [5, 5.41) is 0. The lowest BCUT2D eigenvalue weighted by Gasteiger charge is -2.18. The van der Waals surface area contributed by atoms with Gasteiger partial charge in [-0.05, 0) is 18.6 Å². The molecule has 0 atom stereocenters. The summed E-state index contributed by atoms with van der Waals surface area (Å²) in [6.45, 7) is 8.66. The molecular weight excluding hydrogens is 256 g/mol. The number of hydrogen-bond acceptors (Lipinski definition) is 3. The van der Waals surface area contributed by atoms with Crippen LogP contribution in [-0.2, 0) is 9.53 Å². The van der Waals surface area contributed by atoms with Crippen molar-refractivity contribution in [3.63, 3.8) is 0 Å². The van der Waals surface area contributed by atoms with Crippen LogP contribution in [0.4, 0.5) is 0 Å². The van der Waals surface area contributed by atoms with Crippen LogP contribution in [0.1, 0.15) is 33.3 Å². The lowest BCUT2D eigenvalue weighted by Crippen LogP contribution is -2.14. The number of benzene rings is 1. The van der Waals surface area contributed by atoms with E-state index in [1.165, 1.54) is 0 Å². The third-order valence-electron chi connectivity index (χ3n) is 2.34. The molecule has 1 aromatic carbocycles. The SMILES string of the molecule is CCOC(=O)/C(=C/c1ccccc1)CSC(C)(C)C. The van der Waals surface area contributed by atoms with Crippen molar-refractivity contribution in [2.75, 3.05) is 12.4 Å². The van der Waals surface area contributed by atoms with Crippen molar-refractivity contribution in [3.05, 3.63) is 41.5 Å². The van der Waals surface area contributed by atoms with E-state index < -0.39 is 0 Å². The minimum Gasteiger partial charge on any atom is -0.463 e. The zero-order valence-corrected chi connectivity index (χ0v) is 12.9. The molecule has 3 heteroatoms. The van der Waals surface area contributed by atoms with Crippen LogP contribution in [-0.4, -0.2) is 23.1 Å². The normalized spacial score (nSPS) is 12.3. The van der Waals surface area contributed by atoms with Crippen molar-refractivity contribution in [1.82, 2.24) is 0 Å². The van der Waals surface area contributed by atoms with E-state index >= 15 is 0 Å². The fraction of sp³-hybridized carbons (Fsp3) is 0.438. The van der Waals surface area contributed by atoms with E-state index in [1.807, 2.05) is 43.3 Å². The predicted octanol–water partition coefficient (Wildman–Crippen LogP) is 4.16. The largest absolute Gasteiger partial charge is 0.463 e. The van der Waals surface area contributed by atoms with Gasteiger partial charge in [0.25, 0.3) is 0 Å². The zero-order valence-electron chi connectivity index (χ0n) is 12.1. The Balaban J connectivity index is 2.86. The molecule has 0 saturated heterocycles. The molecule has 0 amide bonds. The Bertz CT molecular complexity index is 430. The van der Waals surface area contributed by atoms with Crippen LogP contribution < -0.4 is 0 Å². The average Bonchev–Trinajstić information content (AvgIpc) is 2.35. The Morgan fingerprint density at radius 1 is 1.26 bits per heavy atom. The topological polar surface area (TPSA) is 26.3 Å². The number of esters is 1. The third kappa shape index (κ3) is 6.48. The molecule has 0 radical (unpaired) electrons. The summed E-state index contributed by atoms with van der Waals surface area (Å²) in [5.41, 5.74) is 1.74. The van der Waals surface area contributed by atoms with Crippen molar-refractivity contribution in [1.29, 1.82) is 0 Å². The summed E-state index contributed by atoms with van der Waals surface area (Å²) in [4.78, 5) is 12.0. The summed E-state index contributed by atoms with van der Waals surface area (Å²) in [6, 6.07) is 9.87. The van der Waals surface area contributed by atoms with E-state index in [4.69, 9.17) is 4.74 Å². The van der Waals surface area contributed by atoms with Crippen LogP contribution in [0.5, 0.6) is 0 Å². The van der Waals surface area contributed by atoms with Crippen LogP contribution >= 0.6 is 11.8 Å². The number of carbonyl (C=O) groups is 1. The van der Waals surface area contributed by atoms with E-state index in [1.54, 1.807) is 11.8 Å². The van der Waals surface area contributed by atoms with Gasteiger partial charge in [0, 0.05) is 16.1 Å². The zero-order chi connectivity index (χ0) is 14.3. The molecule has 19 heavy (non-hydrogen) atoms. The first-order valence-corrected chi connectivity index (χ1v) is 7.47. The van der Waals surface area contributed by atoms with Crippen molar-refractivity contribution in [2.24, 2.45) is 0 Å². The van der Waals surface area contributed by atoms with Gasteiger partial charge in [-0.15, -0.1) is 0 Å². The highest BCUT2D eigenvalue weighted by Crippen LogP contribution is 2.26. The van der Waals surface area contributed by atoms with Gasteiger partial charge in [0.05, 0.1) is 6.61 Å². The number of rotatable bonds is 5. The quantitative estimate of drug-likeness (QED) is 0.597. The van der Waals surface area contributed by atoms with Gasteiger partial charge in [0.15, 0.2) is 0 Å². The lowest BCUT2D eigenvalue weighted by molar-refractivity contribution is -0.138. The van der Waals surface area contributed by atoms with Crippen molar-refractivity contribution >= 4 is 23.8 Å². The second kappa shape index (κ2) is 7.39. The molecular formula is C16H22O2S. The van der Waals surface area contributed by atoms with E-state index in [2.05, 4.69) is 20.8 Å². The molecule has 0 aliphatic heterocycles. The third-order valence-corrected chi connectivity index (χ3v) is 3.66. The second-order valence-electron chi connectivity index (χ2n) is 5.20. The van der Waals surface area contributed by atoms with Gasteiger partial charge in [0.2, 0.25) is 0 Å². The molecule has 0 bridgehead atoms. The molecule has 0 N–H and O–H groups in total. The predicted molar refractivity (Wildman–Crippen MR) is 83.3 cm³/mol. The Labute approximate surface area is 120 Å². The Morgan fingerprint density at radius 2 is 1.89 bits per heavy atom. The highest BCUT2D eigenvalue weighted by molar-refractivity contribution is 8.00. The molecule has 0 aliphatic rings. The van der Waals surface area contributed by atoms with Gasteiger partial charge in [0.1, 0.15) is 0 Å². The van der Waals surface area contributed by atoms with Crippen molar-refractivity contribution in [2.45, 2.75) is 32.4 Å². The van der Waals surface area contributed by atoms with E-state index in [9.17, 15) is 4.79 Å². The molecule has 0 heterocycles. The summed E-state index contributed by atoms with van der Waals surface area (Å²) in [6.07, 6.45) is 1.91. The molecule has 0 unspecified atom stereocenters. The fourth-order valence-corrected chi connectivity index (χ4v) is 2.22. The molecule has 104 valence electrons. The first-order valence-electron chi connectivity index (χ1n) is 6.49. The highest BCUT2D eigenvalue weighted by atomic mass is 32.2. The van der Waals surface area contributed by atoms with Crippen LogP contribution in [0.15, 0.2) is 35.9 Å². The molecule has 0 saturated carbocycles. The van der Waals surface area contributed by atoms with Gasteiger partial charge >= 0.3 is 5.97 Å². The molecule has 1 rings (SSSR count). The molecule has 2 nitrogen and oxygen atoms in total. The first-order chi connectivity index (χ1) is 8.92. The van der Waals surface area contributed by atoms with Gasteiger partial charge < -0.3 is 4.74 Å². The maximum Gasteiger partial charge on any atom is 0.334 e. The Kier molecular flexibility index (Phi) is 6.16. The summed E-state index contributed by atoms with van der Waals surface area (Å²) < 4.78 is 5.25. The van der Waals surface area contributed by atoms with Gasteiger partial charge in [-0.1, -0.05) is 51.1 Å². The summed E-state index contributed by atoms with van der Waals surface area (Å²) >= 11 is 1.75. The van der Waals surface area contributed by atoms with E-state index in [0.717, 1.165) is 5.56 Å². The molecule has 0 aromatic heterocycles. The molecule has 0 aliphatic carbocycles. The Hall–Kier alpha value is -1.22. The average molecular weight is 278 g/mol. The van der Waals surface area contributed by atoms with Crippen molar-refractivity contribution < 1.29 is 9.53 Å². The molecule has 1 aromatic rings. The summed E-state index contributed by atoms with van der Waals surface area (Å²) in [7, 11) is 0. The number of thioether (sulfide) groups is 1. The van der Waals surface area contributed by atoms with Gasteiger partial charge in [-0.3, -0.25) is 0 Å². The monoisotopic (exact) mass is 278 g/mol. The minimum atomic E-state index is -0.219. The fourth-order valence-electron chi connectivity index (χ4n) is 1.43. The lowest BCUT2D eigenvalue weighted by atomic mass is 10.1. The molecule has 0 spiro atoms. The standard InChI is InChI=1S/C16H22O2S/c1-5-18-15(17)14(12-19-16(2,3)4)11-13-9-7-6-8-10-13/h6-11H,5,12H2,1-4H3/b14-11+. The maximum absolute atomic E-state index is 12.0. The number of ether oxygens (including phenoxy) is 1. The van der Waals surface area contributed by atoms with Crippen molar-refractivity contribution in [3.8, 4) is 0 Å². The Morgan fingerprint density at radius 3 is 2.42 bits per heavy atom. The minimum absolute atomic E-state index is 0.127. The number of hydrogen-bond donors (Lipinski definition) is 0. The number of carbonyl (C=O) groups excluding carboxylic acids is 1. The molecule has 0 fully saturated rings. The summed E-state index contributed by atoms with van der Waals surface area (Å²) in [5.74, 6) is 0.445. The second-order valence-corrected chi connectivity index (χ2v) is 7.00. The smallest absolute Gasteiger partial charge is 0.334 e. The van der Waals surface area contributed by atoms with Gasteiger partial charge in [-0.25, -0.2) is 4.79 Å². The van der Waals surface area contributed by atoms with Gasteiger partial charge in [-0.2, -0.15) is 11.8 Å². The van der Waals surface area contributed by atoms with Crippen LogP contribution in [0, 0.1) is 0 Å². The van der Waals surface area contributed by atoms with E-state index in [0.29, 0.717) is 17.9 Å². The highest BCUT2D eigenvalue weighted by Gasteiger charge is 2.16.